The number of methoxy groups -OCH3 is 1. The molecule has 0 bridgehead atoms. The maximum atomic E-state index is 14.1. The number of nitrogens with one attached hydrogen (secondary N) is 1. The van der Waals surface area contributed by atoms with E-state index in [0.717, 1.165) is 25.5 Å². The maximum Gasteiger partial charge on any atom is 0.328 e. The Morgan fingerprint density at radius 2 is 2.03 bits per heavy atom. The number of aromatic nitrogens is 4. The minimum atomic E-state index is -1.15. The highest BCUT2D eigenvalue weighted by molar-refractivity contribution is 5.94. The summed E-state index contributed by atoms with van der Waals surface area (Å²) in [5.41, 5.74) is 4.79. The van der Waals surface area contributed by atoms with Gasteiger partial charge in [0.05, 0.1) is 25.5 Å². The molecule has 2 aliphatic rings. The van der Waals surface area contributed by atoms with Crippen molar-refractivity contribution in [2.45, 2.75) is 56.1 Å². The van der Waals surface area contributed by atoms with Crippen molar-refractivity contribution in [2.24, 2.45) is 5.73 Å². The second-order valence-corrected chi connectivity index (χ2v) is 8.46. The molecule has 0 radical (unpaired) electrons. The molecular weight excluding hydrogens is 433 g/mol. The zero-order valence-electron chi connectivity index (χ0n) is 18.2. The molecule has 4 rings (SSSR count). The Kier molecular flexibility index (Phi) is 6.25. The van der Waals surface area contributed by atoms with Crippen molar-refractivity contribution in [2.75, 3.05) is 13.7 Å². The van der Waals surface area contributed by atoms with Gasteiger partial charge in [-0.1, -0.05) is 24.5 Å². The second-order valence-electron chi connectivity index (χ2n) is 8.46. The summed E-state index contributed by atoms with van der Waals surface area (Å²) in [5.74, 6) is -1.45. The highest BCUT2D eigenvalue weighted by atomic mass is 19.1. The van der Waals surface area contributed by atoms with Crippen LogP contribution >= 0.6 is 0 Å². The van der Waals surface area contributed by atoms with E-state index in [1.165, 1.54) is 29.0 Å². The van der Waals surface area contributed by atoms with Crippen LogP contribution in [0.1, 0.15) is 44.6 Å². The van der Waals surface area contributed by atoms with E-state index in [1.54, 1.807) is 6.20 Å². The number of nitrogens with zero attached hydrogens (tertiary/aromatic N) is 5. The number of hydrogen-bond donors (Lipinski definition) is 2. The highest BCUT2D eigenvalue weighted by Crippen LogP contribution is 2.35. The summed E-state index contributed by atoms with van der Waals surface area (Å²) in [5, 5.41) is 10.8. The molecule has 0 unspecified atom stereocenters. The average molecular weight is 459 g/mol. The van der Waals surface area contributed by atoms with Crippen molar-refractivity contribution in [3.05, 3.63) is 30.5 Å². The highest BCUT2D eigenvalue weighted by Gasteiger charge is 2.50. The van der Waals surface area contributed by atoms with Crippen molar-refractivity contribution in [1.29, 1.82) is 0 Å². The van der Waals surface area contributed by atoms with E-state index in [-0.39, 0.29) is 24.4 Å². The van der Waals surface area contributed by atoms with Gasteiger partial charge in [0.25, 0.3) is 0 Å². The number of urea groups is 1. The van der Waals surface area contributed by atoms with Gasteiger partial charge in [0.15, 0.2) is 5.82 Å². The minimum absolute atomic E-state index is 0.155. The third-order valence-electron chi connectivity index (χ3n) is 6.42. The Morgan fingerprint density at radius 1 is 1.27 bits per heavy atom. The minimum Gasteiger partial charge on any atom is -0.467 e. The fraction of sp³-hybridized carbons (Fsp3) is 0.524. The molecule has 0 aromatic carbocycles. The number of halogens is 1. The van der Waals surface area contributed by atoms with E-state index >= 15 is 0 Å². The number of likely N-dealkylation sites (tertiary alicyclic amines) is 1. The van der Waals surface area contributed by atoms with E-state index in [0.29, 0.717) is 18.5 Å². The Morgan fingerprint density at radius 3 is 2.70 bits per heavy atom. The SMILES string of the molecule is COC(=O)[C@@H]1C[C@H](n2cc(-c3ccncc3F)nn2)CN1C(=O)C1(NC(N)=O)CCCCC1. The number of rotatable bonds is 5. The molecule has 3 amide bonds. The van der Waals surface area contributed by atoms with Gasteiger partial charge in [0.1, 0.15) is 17.3 Å². The Bertz CT molecular complexity index is 1050. The number of pyridine rings is 1. The third-order valence-corrected chi connectivity index (χ3v) is 6.42. The fourth-order valence-corrected chi connectivity index (χ4v) is 4.81. The van der Waals surface area contributed by atoms with Gasteiger partial charge < -0.3 is 20.7 Å². The maximum absolute atomic E-state index is 14.1. The largest absolute Gasteiger partial charge is 0.467 e. The summed E-state index contributed by atoms with van der Waals surface area (Å²) in [6.45, 7) is 0.155. The van der Waals surface area contributed by atoms with E-state index in [1.807, 2.05) is 0 Å². The van der Waals surface area contributed by atoms with Crippen molar-refractivity contribution in [1.82, 2.24) is 30.2 Å². The number of esters is 1. The number of primary amides is 1. The van der Waals surface area contributed by atoms with E-state index in [2.05, 4.69) is 20.6 Å². The fourth-order valence-electron chi connectivity index (χ4n) is 4.81. The summed E-state index contributed by atoms with van der Waals surface area (Å²) in [4.78, 5) is 43.1. The topological polar surface area (TPSA) is 145 Å². The van der Waals surface area contributed by atoms with Crippen molar-refractivity contribution in [3.8, 4) is 11.3 Å². The molecular formula is C21H26FN7O4. The Balaban J connectivity index is 1.61. The molecule has 3 heterocycles. The van der Waals surface area contributed by atoms with Crippen molar-refractivity contribution in [3.63, 3.8) is 0 Å². The Hall–Kier alpha value is -3.57. The molecule has 12 heteroatoms. The molecule has 2 aromatic rings. The van der Waals surface area contributed by atoms with Crippen LogP contribution < -0.4 is 11.1 Å². The molecule has 0 spiro atoms. The average Bonchev–Trinajstić information content (AvgIpc) is 3.46. The number of carbonyl (C=O) groups is 3. The van der Waals surface area contributed by atoms with Gasteiger partial charge in [-0.2, -0.15) is 0 Å². The van der Waals surface area contributed by atoms with Gasteiger partial charge in [-0.25, -0.2) is 18.7 Å². The molecule has 33 heavy (non-hydrogen) atoms. The van der Waals surface area contributed by atoms with Crippen LogP contribution in [0.15, 0.2) is 24.7 Å². The van der Waals surface area contributed by atoms with E-state index in [4.69, 9.17) is 10.5 Å². The standard InChI is InChI=1S/C21H26FN7O4/c1-33-18(30)17-9-13(29-12-16(26-27-29)14-5-8-24-10-15(14)22)11-28(17)19(31)21(25-20(23)32)6-3-2-4-7-21/h5,8,10,12-13,17H,2-4,6-7,9,11H2,1H3,(H3,23,25,32)/t13-,17-/m0/s1. The van der Waals surface area contributed by atoms with Gasteiger partial charge in [-0.3, -0.25) is 9.78 Å². The van der Waals surface area contributed by atoms with E-state index < -0.39 is 35.4 Å². The predicted octanol–water partition coefficient (Wildman–Crippen LogP) is 1.17. The monoisotopic (exact) mass is 459 g/mol. The van der Waals surface area contributed by atoms with Crippen LogP contribution in [-0.4, -0.2) is 68.0 Å². The summed E-state index contributed by atoms with van der Waals surface area (Å²) in [6, 6.07) is -0.533. The Labute approximate surface area is 189 Å². The second kappa shape index (κ2) is 9.12. The molecule has 2 fully saturated rings. The first-order valence-electron chi connectivity index (χ1n) is 10.8. The van der Waals surface area contributed by atoms with E-state index in [9.17, 15) is 18.8 Å². The molecule has 1 aliphatic heterocycles. The normalized spacial score (nSPS) is 22.1. The first-order chi connectivity index (χ1) is 15.8. The van der Waals surface area contributed by atoms with Gasteiger partial charge in [-0.05, 0) is 18.9 Å². The first-order valence-corrected chi connectivity index (χ1v) is 10.8. The quantitative estimate of drug-likeness (QED) is 0.638. The van der Waals surface area contributed by atoms with Crippen LogP contribution in [0.3, 0.4) is 0 Å². The number of nitrogens with two attached hydrogens (primary N) is 1. The molecule has 1 aliphatic carbocycles. The lowest BCUT2D eigenvalue weighted by Crippen LogP contribution is -2.63. The van der Waals surface area contributed by atoms with Crippen LogP contribution in [-0.2, 0) is 14.3 Å². The van der Waals surface area contributed by atoms with Crippen LogP contribution in [0.5, 0.6) is 0 Å². The third kappa shape index (κ3) is 4.37. The molecule has 3 N–H and O–H groups in total. The van der Waals surface area contributed by atoms with Gasteiger partial charge in [-0.15, -0.1) is 5.10 Å². The number of amides is 3. The summed E-state index contributed by atoms with van der Waals surface area (Å²) < 4.78 is 20.6. The summed E-state index contributed by atoms with van der Waals surface area (Å²) in [6.07, 6.45) is 7.72. The zero-order chi connectivity index (χ0) is 23.6. The molecule has 1 saturated carbocycles. The lowest BCUT2D eigenvalue weighted by Gasteiger charge is -2.40. The molecule has 176 valence electrons. The number of carbonyl (C=O) groups excluding carboxylic acids is 3. The molecule has 11 nitrogen and oxygen atoms in total. The lowest BCUT2D eigenvalue weighted by molar-refractivity contribution is -0.153. The van der Waals surface area contributed by atoms with Crippen LogP contribution in [0.4, 0.5) is 9.18 Å². The molecule has 2 atom stereocenters. The summed E-state index contributed by atoms with van der Waals surface area (Å²) >= 11 is 0. The van der Waals surface area contributed by atoms with Crippen molar-refractivity contribution >= 4 is 17.9 Å². The van der Waals surface area contributed by atoms with Crippen LogP contribution in [0.2, 0.25) is 0 Å². The first kappa shape index (κ1) is 22.6. The molecule has 1 saturated heterocycles. The van der Waals surface area contributed by atoms with Gasteiger partial charge in [0, 0.05) is 24.7 Å². The summed E-state index contributed by atoms with van der Waals surface area (Å²) in [7, 11) is 1.26. The predicted molar refractivity (Wildman–Crippen MR) is 113 cm³/mol. The van der Waals surface area contributed by atoms with Crippen LogP contribution in [0.25, 0.3) is 11.3 Å². The molecule has 2 aromatic heterocycles. The van der Waals surface area contributed by atoms with Gasteiger partial charge >= 0.3 is 12.0 Å². The zero-order valence-corrected chi connectivity index (χ0v) is 18.2. The van der Waals surface area contributed by atoms with Gasteiger partial charge in [0.2, 0.25) is 5.91 Å². The lowest BCUT2D eigenvalue weighted by atomic mass is 9.80. The number of hydrogen-bond acceptors (Lipinski definition) is 7. The van der Waals surface area contributed by atoms with Crippen LogP contribution in [0, 0.1) is 5.82 Å². The number of ether oxygens (including phenoxy) is 1. The smallest absolute Gasteiger partial charge is 0.328 e. The van der Waals surface area contributed by atoms with Crippen molar-refractivity contribution < 1.29 is 23.5 Å².